The smallest absolute Gasteiger partial charge is 0.340 e. The van der Waals surface area contributed by atoms with E-state index in [1.807, 2.05) is 0 Å². The Kier molecular flexibility index (Phi) is 4.33. The van der Waals surface area contributed by atoms with Gasteiger partial charge < -0.3 is 4.90 Å². The van der Waals surface area contributed by atoms with Gasteiger partial charge in [-0.05, 0) is 31.0 Å². The lowest BCUT2D eigenvalue weighted by atomic mass is 10.2. The van der Waals surface area contributed by atoms with Crippen molar-refractivity contribution in [1.82, 2.24) is 9.21 Å². The third-order valence-electron chi connectivity index (χ3n) is 4.28. The molecule has 0 N–H and O–H groups in total. The number of piperazine rings is 1. The van der Waals surface area contributed by atoms with E-state index in [0.29, 0.717) is 6.07 Å². The van der Waals surface area contributed by atoms with Gasteiger partial charge in [0, 0.05) is 32.1 Å². The van der Waals surface area contributed by atoms with E-state index in [1.165, 1.54) is 0 Å². The lowest BCUT2D eigenvalue weighted by molar-refractivity contribution is -0.137. The van der Waals surface area contributed by atoms with Gasteiger partial charge >= 0.3 is 6.18 Å². The summed E-state index contributed by atoms with van der Waals surface area (Å²) in [6.45, 7) is 0.731. The van der Waals surface area contributed by atoms with Crippen LogP contribution < -0.4 is 0 Å². The van der Waals surface area contributed by atoms with Gasteiger partial charge in [0.1, 0.15) is 0 Å². The number of benzene rings is 1. The SMILES string of the molecule is O=C(C1CC1)N1CCN(S(=O)(=O)c2cccc(C(F)(F)F)c2)CC1. The molecule has 0 radical (unpaired) electrons. The van der Waals surface area contributed by atoms with Crippen LogP contribution in [0, 0.1) is 5.92 Å². The summed E-state index contributed by atoms with van der Waals surface area (Å²) in [5, 5.41) is 0. The standard InChI is InChI=1S/C15H17F3N2O3S/c16-15(17,18)12-2-1-3-13(10-12)24(22,23)20-8-6-19(7-9-20)14(21)11-4-5-11/h1-3,10-11H,4-9H2. The van der Waals surface area contributed by atoms with Gasteiger partial charge in [-0.15, -0.1) is 0 Å². The molecule has 1 saturated carbocycles. The zero-order valence-corrected chi connectivity index (χ0v) is 13.6. The van der Waals surface area contributed by atoms with Gasteiger partial charge in [0.05, 0.1) is 10.5 Å². The number of halogens is 3. The van der Waals surface area contributed by atoms with Gasteiger partial charge in [-0.2, -0.15) is 17.5 Å². The second-order valence-electron chi connectivity index (χ2n) is 6.03. The average Bonchev–Trinajstić information content (AvgIpc) is 3.38. The Hall–Kier alpha value is -1.61. The van der Waals surface area contributed by atoms with Crippen molar-refractivity contribution >= 4 is 15.9 Å². The van der Waals surface area contributed by atoms with Gasteiger partial charge in [-0.1, -0.05) is 6.07 Å². The van der Waals surface area contributed by atoms with Crippen molar-refractivity contribution in [2.24, 2.45) is 5.92 Å². The molecule has 0 atom stereocenters. The average molecular weight is 362 g/mol. The first-order chi connectivity index (χ1) is 11.2. The minimum Gasteiger partial charge on any atom is -0.340 e. The van der Waals surface area contributed by atoms with Gasteiger partial charge in [0.15, 0.2) is 0 Å². The normalized spacial score (nSPS) is 20.2. The molecule has 1 aliphatic heterocycles. The van der Waals surface area contributed by atoms with E-state index in [-0.39, 0.29) is 42.9 Å². The largest absolute Gasteiger partial charge is 0.416 e. The predicted octanol–water partition coefficient (Wildman–Crippen LogP) is 1.95. The molecule has 0 aromatic heterocycles. The van der Waals surface area contributed by atoms with Crippen LogP contribution in [0.5, 0.6) is 0 Å². The van der Waals surface area contributed by atoms with E-state index < -0.39 is 21.8 Å². The lowest BCUT2D eigenvalue weighted by Gasteiger charge is -2.34. The molecule has 24 heavy (non-hydrogen) atoms. The van der Waals surface area contributed by atoms with Crippen molar-refractivity contribution in [2.45, 2.75) is 23.9 Å². The van der Waals surface area contributed by atoms with Crippen molar-refractivity contribution < 1.29 is 26.4 Å². The number of hydrogen-bond donors (Lipinski definition) is 0. The molecule has 1 heterocycles. The molecular weight excluding hydrogens is 345 g/mol. The molecule has 2 fully saturated rings. The number of alkyl halides is 3. The molecule has 1 amide bonds. The molecule has 1 aromatic rings. The molecule has 0 bridgehead atoms. The van der Waals surface area contributed by atoms with Crippen LogP contribution in [0.2, 0.25) is 0 Å². The summed E-state index contributed by atoms with van der Waals surface area (Å²) in [6, 6.07) is 3.73. The fraction of sp³-hybridized carbons (Fsp3) is 0.533. The van der Waals surface area contributed by atoms with E-state index in [4.69, 9.17) is 0 Å². The summed E-state index contributed by atoms with van der Waals surface area (Å²) in [4.78, 5) is 13.2. The molecular formula is C15H17F3N2O3S. The van der Waals surface area contributed by atoms with Crippen molar-refractivity contribution in [2.75, 3.05) is 26.2 Å². The Balaban J connectivity index is 1.73. The number of carbonyl (C=O) groups excluding carboxylic acids is 1. The Morgan fingerprint density at radius 2 is 1.71 bits per heavy atom. The molecule has 2 aliphatic rings. The predicted molar refractivity (Wildman–Crippen MR) is 79.5 cm³/mol. The monoisotopic (exact) mass is 362 g/mol. The second kappa shape index (κ2) is 6.03. The maximum absolute atomic E-state index is 12.8. The highest BCUT2D eigenvalue weighted by Crippen LogP contribution is 2.33. The topological polar surface area (TPSA) is 57.7 Å². The van der Waals surface area contributed by atoms with E-state index in [9.17, 15) is 26.4 Å². The summed E-state index contributed by atoms with van der Waals surface area (Å²) in [6.07, 6.45) is -2.84. The summed E-state index contributed by atoms with van der Waals surface area (Å²) in [5.41, 5.74) is -0.994. The molecule has 3 rings (SSSR count). The Labute approximate surface area is 138 Å². The highest BCUT2D eigenvalue weighted by atomic mass is 32.2. The number of hydrogen-bond acceptors (Lipinski definition) is 3. The van der Waals surface area contributed by atoms with Crippen molar-refractivity contribution in [3.63, 3.8) is 0 Å². The maximum atomic E-state index is 12.8. The van der Waals surface area contributed by atoms with Gasteiger partial charge in [-0.3, -0.25) is 4.79 Å². The quantitative estimate of drug-likeness (QED) is 0.826. The number of rotatable bonds is 3. The molecule has 9 heteroatoms. The minimum absolute atomic E-state index is 0.0473. The van der Waals surface area contributed by atoms with Gasteiger partial charge in [0.25, 0.3) is 0 Å². The molecule has 0 spiro atoms. The first kappa shape index (κ1) is 17.2. The van der Waals surface area contributed by atoms with E-state index in [1.54, 1.807) is 4.90 Å². The highest BCUT2D eigenvalue weighted by Gasteiger charge is 2.37. The highest BCUT2D eigenvalue weighted by molar-refractivity contribution is 7.89. The number of amides is 1. The lowest BCUT2D eigenvalue weighted by Crippen LogP contribution is -2.50. The molecule has 1 saturated heterocycles. The summed E-state index contributed by atoms with van der Waals surface area (Å²) < 4.78 is 64.5. The van der Waals surface area contributed by atoms with Gasteiger partial charge in [-0.25, -0.2) is 8.42 Å². The Morgan fingerprint density at radius 1 is 1.08 bits per heavy atom. The molecule has 132 valence electrons. The van der Waals surface area contributed by atoms with Crippen molar-refractivity contribution in [1.29, 1.82) is 0 Å². The van der Waals surface area contributed by atoms with E-state index in [2.05, 4.69) is 0 Å². The van der Waals surface area contributed by atoms with Crippen molar-refractivity contribution in [3.8, 4) is 0 Å². The Morgan fingerprint density at radius 3 is 2.25 bits per heavy atom. The van der Waals surface area contributed by atoms with Gasteiger partial charge in [0.2, 0.25) is 15.9 Å². The van der Waals surface area contributed by atoms with Crippen LogP contribution in [0.3, 0.4) is 0 Å². The molecule has 1 aliphatic carbocycles. The van der Waals surface area contributed by atoms with Crippen LogP contribution in [-0.2, 0) is 21.0 Å². The fourth-order valence-electron chi connectivity index (χ4n) is 2.72. The number of sulfonamides is 1. The van der Waals surface area contributed by atoms with Crippen LogP contribution in [0.15, 0.2) is 29.2 Å². The third kappa shape index (κ3) is 3.41. The van der Waals surface area contributed by atoms with Crippen LogP contribution in [0.25, 0.3) is 0 Å². The third-order valence-corrected chi connectivity index (χ3v) is 6.17. The summed E-state index contributed by atoms with van der Waals surface area (Å²) in [7, 11) is -4.00. The maximum Gasteiger partial charge on any atom is 0.416 e. The first-order valence-corrected chi connectivity index (χ1v) is 9.10. The fourth-order valence-corrected chi connectivity index (χ4v) is 4.19. The number of carbonyl (C=O) groups is 1. The minimum atomic E-state index is -4.60. The second-order valence-corrected chi connectivity index (χ2v) is 7.97. The van der Waals surface area contributed by atoms with Crippen LogP contribution >= 0.6 is 0 Å². The molecule has 1 aromatic carbocycles. The van der Waals surface area contributed by atoms with E-state index in [0.717, 1.165) is 35.3 Å². The molecule has 0 unspecified atom stereocenters. The van der Waals surface area contributed by atoms with Crippen LogP contribution in [0.4, 0.5) is 13.2 Å². The first-order valence-electron chi connectivity index (χ1n) is 7.66. The van der Waals surface area contributed by atoms with Crippen LogP contribution in [-0.4, -0.2) is 49.7 Å². The van der Waals surface area contributed by atoms with E-state index >= 15 is 0 Å². The summed E-state index contributed by atoms with van der Waals surface area (Å²) in [5.74, 6) is 0.114. The zero-order valence-electron chi connectivity index (χ0n) is 12.8. The van der Waals surface area contributed by atoms with Crippen LogP contribution in [0.1, 0.15) is 18.4 Å². The zero-order chi connectivity index (χ0) is 17.5. The molecule has 5 nitrogen and oxygen atoms in total. The number of nitrogens with zero attached hydrogens (tertiary/aromatic N) is 2. The van der Waals surface area contributed by atoms with Crippen molar-refractivity contribution in [3.05, 3.63) is 29.8 Å². The Bertz CT molecular complexity index is 737. The summed E-state index contributed by atoms with van der Waals surface area (Å²) >= 11 is 0.